The fourth-order valence-corrected chi connectivity index (χ4v) is 5.10. The van der Waals surface area contributed by atoms with Crippen LogP contribution in [0.4, 0.5) is 11.4 Å². The van der Waals surface area contributed by atoms with E-state index in [9.17, 15) is 18.0 Å². The highest BCUT2D eigenvalue weighted by Gasteiger charge is 2.22. The number of hydrogen-bond donors (Lipinski definition) is 3. The zero-order valence-corrected chi connectivity index (χ0v) is 16.7. The van der Waals surface area contributed by atoms with Gasteiger partial charge < -0.3 is 10.6 Å². The molecular weight excluding hydrogens is 390 g/mol. The summed E-state index contributed by atoms with van der Waals surface area (Å²) in [7, 11) is -3.57. The summed E-state index contributed by atoms with van der Waals surface area (Å²) in [4.78, 5) is 24.1. The Labute approximate surface area is 169 Å². The summed E-state index contributed by atoms with van der Waals surface area (Å²) in [5.74, 6) is -0.403. The molecule has 3 N–H and O–H groups in total. The van der Waals surface area contributed by atoms with Crippen LogP contribution in [-0.4, -0.2) is 26.3 Å². The molecule has 1 fully saturated rings. The van der Waals surface area contributed by atoms with Crippen molar-refractivity contribution in [3.8, 4) is 0 Å². The second kappa shape index (κ2) is 7.96. The van der Waals surface area contributed by atoms with Crippen molar-refractivity contribution in [2.45, 2.75) is 49.5 Å². The SMILES string of the molecule is O=C1Cc2cc(C(=O)Nc3ccc(S(=O)(=O)NC4CCCCC4)cc3)ccc2N1. The zero-order chi connectivity index (χ0) is 20.4. The number of fused-ring (bicyclic) bond motifs is 1. The van der Waals surface area contributed by atoms with Gasteiger partial charge >= 0.3 is 0 Å². The van der Waals surface area contributed by atoms with Crippen LogP contribution in [0, 0.1) is 0 Å². The van der Waals surface area contributed by atoms with Crippen LogP contribution in [0.3, 0.4) is 0 Å². The van der Waals surface area contributed by atoms with E-state index >= 15 is 0 Å². The second-order valence-electron chi connectivity index (χ2n) is 7.53. The molecule has 2 amide bonds. The van der Waals surface area contributed by atoms with Gasteiger partial charge in [-0.2, -0.15) is 0 Å². The third-order valence-corrected chi connectivity index (χ3v) is 6.88. The van der Waals surface area contributed by atoms with Gasteiger partial charge in [0.1, 0.15) is 0 Å². The van der Waals surface area contributed by atoms with Crippen LogP contribution in [-0.2, 0) is 21.2 Å². The largest absolute Gasteiger partial charge is 0.326 e. The lowest BCUT2D eigenvalue weighted by Gasteiger charge is -2.22. The van der Waals surface area contributed by atoms with Gasteiger partial charge in [0.2, 0.25) is 15.9 Å². The van der Waals surface area contributed by atoms with E-state index in [0.29, 0.717) is 11.3 Å². The van der Waals surface area contributed by atoms with E-state index in [1.165, 1.54) is 12.1 Å². The second-order valence-corrected chi connectivity index (χ2v) is 9.25. The number of carbonyl (C=O) groups is 2. The number of sulfonamides is 1. The smallest absolute Gasteiger partial charge is 0.255 e. The van der Waals surface area contributed by atoms with E-state index in [1.54, 1.807) is 30.3 Å². The predicted octanol–water partition coefficient (Wildman–Crippen LogP) is 3.04. The van der Waals surface area contributed by atoms with Crippen molar-refractivity contribution in [1.82, 2.24) is 4.72 Å². The maximum Gasteiger partial charge on any atom is 0.255 e. The fourth-order valence-electron chi connectivity index (χ4n) is 3.80. The quantitative estimate of drug-likeness (QED) is 0.701. The molecule has 2 aromatic carbocycles. The molecule has 0 bridgehead atoms. The van der Waals surface area contributed by atoms with Crippen molar-refractivity contribution in [1.29, 1.82) is 0 Å². The molecule has 0 saturated heterocycles. The normalized spacial score (nSPS) is 16.9. The number of nitrogens with one attached hydrogen (secondary N) is 3. The van der Waals surface area contributed by atoms with Gasteiger partial charge in [0.05, 0.1) is 11.3 Å². The molecule has 0 radical (unpaired) electrons. The van der Waals surface area contributed by atoms with E-state index < -0.39 is 10.0 Å². The molecule has 29 heavy (non-hydrogen) atoms. The van der Waals surface area contributed by atoms with E-state index in [-0.39, 0.29) is 29.2 Å². The Bertz CT molecular complexity index is 1040. The van der Waals surface area contributed by atoms with Crippen molar-refractivity contribution in [2.24, 2.45) is 0 Å². The van der Waals surface area contributed by atoms with Gasteiger partial charge in [-0.05, 0) is 60.9 Å². The Morgan fingerprint density at radius 2 is 1.72 bits per heavy atom. The van der Waals surface area contributed by atoms with Crippen molar-refractivity contribution in [3.05, 3.63) is 53.6 Å². The Morgan fingerprint density at radius 3 is 2.45 bits per heavy atom. The van der Waals surface area contributed by atoms with Gasteiger partial charge in [-0.3, -0.25) is 9.59 Å². The zero-order valence-electron chi connectivity index (χ0n) is 15.9. The molecule has 2 aromatic rings. The molecule has 0 atom stereocenters. The summed E-state index contributed by atoms with van der Waals surface area (Å²) in [5, 5.41) is 5.49. The highest BCUT2D eigenvalue weighted by molar-refractivity contribution is 7.89. The third kappa shape index (κ3) is 4.49. The fraction of sp³-hybridized carbons (Fsp3) is 0.333. The van der Waals surface area contributed by atoms with Crippen molar-refractivity contribution < 1.29 is 18.0 Å². The Morgan fingerprint density at radius 1 is 1.00 bits per heavy atom. The van der Waals surface area contributed by atoms with Gasteiger partial charge in [0.25, 0.3) is 5.91 Å². The average molecular weight is 413 g/mol. The molecule has 2 aliphatic rings. The molecule has 1 aliphatic heterocycles. The first-order chi connectivity index (χ1) is 13.9. The number of anilines is 2. The topological polar surface area (TPSA) is 104 Å². The Hall–Kier alpha value is -2.71. The van der Waals surface area contributed by atoms with Gasteiger partial charge in [0.15, 0.2) is 0 Å². The summed E-state index contributed by atoms with van der Waals surface area (Å²) in [6, 6.07) is 11.2. The molecule has 8 heteroatoms. The third-order valence-electron chi connectivity index (χ3n) is 5.34. The Kier molecular flexibility index (Phi) is 5.38. The van der Waals surface area contributed by atoms with Crippen LogP contribution in [0.2, 0.25) is 0 Å². The van der Waals surface area contributed by atoms with Crippen molar-refractivity contribution in [2.75, 3.05) is 10.6 Å². The van der Waals surface area contributed by atoms with Crippen LogP contribution in [0.25, 0.3) is 0 Å². The van der Waals surface area contributed by atoms with E-state index in [0.717, 1.165) is 43.4 Å². The van der Waals surface area contributed by atoms with Crippen LogP contribution in [0.1, 0.15) is 48.0 Å². The molecule has 0 aromatic heterocycles. The monoisotopic (exact) mass is 413 g/mol. The van der Waals surface area contributed by atoms with E-state index in [4.69, 9.17) is 0 Å². The number of amides is 2. The molecule has 7 nitrogen and oxygen atoms in total. The molecule has 1 heterocycles. The van der Waals surface area contributed by atoms with E-state index in [2.05, 4.69) is 15.4 Å². The summed E-state index contributed by atoms with van der Waals surface area (Å²) in [5.41, 5.74) is 2.46. The van der Waals surface area contributed by atoms with Gasteiger partial charge in [-0.1, -0.05) is 19.3 Å². The highest BCUT2D eigenvalue weighted by Crippen LogP contribution is 2.25. The predicted molar refractivity (Wildman–Crippen MR) is 110 cm³/mol. The molecule has 4 rings (SSSR count). The number of benzene rings is 2. The maximum atomic E-state index is 12.6. The first-order valence-corrected chi connectivity index (χ1v) is 11.3. The van der Waals surface area contributed by atoms with Crippen molar-refractivity contribution >= 4 is 33.2 Å². The standard InChI is InChI=1S/C21H23N3O4S/c25-20-13-15-12-14(6-11-19(15)23-20)21(26)22-16-7-9-18(10-8-16)29(27,28)24-17-4-2-1-3-5-17/h6-12,17,24H,1-5,13H2,(H,22,26)(H,23,25). The number of hydrogen-bond acceptors (Lipinski definition) is 4. The molecular formula is C21H23N3O4S. The maximum absolute atomic E-state index is 12.6. The lowest BCUT2D eigenvalue weighted by Crippen LogP contribution is -2.36. The minimum atomic E-state index is -3.57. The van der Waals surface area contributed by atoms with Crippen LogP contribution in [0.15, 0.2) is 47.4 Å². The van der Waals surface area contributed by atoms with Crippen molar-refractivity contribution in [3.63, 3.8) is 0 Å². The summed E-state index contributed by atoms with van der Waals surface area (Å²) in [6.07, 6.45) is 5.25. The lowest BCUT2D eigenvalue weighted by molar-refractivity contribution is -0.115. The van der Waals surface area contributed by atoms with Crippen LogP contribution >= 0.6 is 0 Å². The summed E-state index contributed by atoms with van der Waals surface area (Å²) >= 11 is 0. The first-order valence-electron chi connectivity index (χ1n) is 9.77. The lowest BCUT2D eigenvalue weighted by atomic mass is 9.96. The van der Waals surface area contributed by atoms with E-state index in [1.807, 2.05) is 0 Å². The Balaban J connectivity index is 1.42. The van der Waals surface area contributed by atoms with Crippen LogP contribution in [0.5, 0.6) is 0 Å². The number of carbonyl (C=O) groups excluding carboxylic acids is 2. The minimum Gasteiger partial charge on any atom is -0.326 e. The van der Waals surface area contributed by atoms with Gasteiger partial charge in [-0.15, -0.1) is 0 Å². The molecule has 0 unspecified atom stereocenters. The average Bonchev–Trinajstić information content (AvgIpc) is 3.08. The molecule has 152 valence electrons. The van der Waals surface area contributed by atoms with Gasteiger partial charge in [-0.25, -0.2) is 13.1 Å². The van der Waals surface area contributed by atoms with Crippen LogP contribution < -0.4 is 15.4 Å². The summed E-state index contributed by atoms with van der Waals surface area (Å²) < 4.78 is 27.9. The molecule has 1 aliphatic carbocycles. The minimum absolute atomic E-state index is 0.00527. The van der Waals surface area contributed by atoms with Gasteiger partial charge in [0, 0.05) is 23.0 Å². The number of rotatable bonds is 5. The molecule has 1 saturated carbocycles. The highest BCUT2D eigenvalue weighted by atomic mass is 32.2. The molecule has 0 spiro atoms. The first kappa shape index (κ1) is 19.6. The summed E-state index contributed by atoms with van der Waals surface area (Å²) in [6.45, 7) is 0.